The molecule has 9 heteroatoms. The Hall–Kier alpha value is -2.97. The number of hydrogen-bond acceptors (Lipinski definition) is 7. The van der Waals surface area contributed by atoms with Gasteiger partial charge in [-0.25, -0.2) is 0 Å². The number of aromatic amines is 1. The maximum atomic E-state index is 6.24. The fourth-order valence-corrected chi connectivity index (χ4v) is 2.92. The SMILES string of the molecule is COc1ccc(-c2n[nH]nc2-c2cc(OC)c(OC)c(OC)c2)cc1Cl.N. The van der Waals surface area contributed by atoms with Crippen LogP contribution >= 0.6 is 11.6 Å². The van der Waals surface area contributed by atoms with E-state index in [0.29, 0.717) is 39.4 Å². The zero-order valence-corrected chi connectivity index (χ0v) is 16.3. The number of benzene rings is 2. The number of H-pyrrole nitrogens is 1. The molecule has 144 valence electrons. The Balaban J connectivity index is 0.00000261. The molecule has 0 aliphatic carbocycles. The van der Waals surface area contributed by atoms with Crippen LogP contribution < -0.4 is 25.1 Å². The van der Waals surface area contributed by atoms with E-state index in [2.05, 4.69) is 15.4 Å². The topological polar surface area (TPSA) is 113 Å². The maximum Gasteiger partial charge on any atom is 0.203 e. The Morgan fingerprint density at radius 3 is 1.78 bits per heavy atom. The summed E-state index contributed by atoms with van der Waals surface area (Å²) < 4.78 is 21.4. The molecule has 8 nitrogen and oxygen atoms in total. The maximum absolute atomic E-state index is 6.24. The van der Waals surface area contributed by atoms with Crippen LogP contribution in [-0.4, -0.2) is 43.8 Å². The van der Waals surface area contributed by atoms with Crippen molar-refractivity contribution in [2.75, 3.05) is 28.4 Å². The third-order valence-corrected chi connectivity index (χ3v) is 4.21. The summed E-state index contributed by atoms with van der Waals surface area (Å²) in [5, 5.41) is 11.7. The predicted molar refractivity (Wildman–Crippen MR) is 103 cm³/mol. The molecule has 0 saturated heterocycles. The van der Waals surface area contributed by atoms with Crippen molar-refractivity contribution in [2.45, 2.75) is 0 Å². The summed E-state index contributed by atoms with van der Waals surface area (Å²) in [6.45, 7) is 0. The molecule has 4 N–H and O–H groups in total. The molecule has 0 aliphatic heterocycles. The standard InChI is InChI=1S/C18H18ClN3O4.H3N/c1-23-13-6-5-10(7-12(13)19)16-17(21-22-20-16)11-8-14(24-2)18(26-4)15(9-11)25-3;/h5-9H,1-4H3,(H,20,21,22);1H3. The van der Waals surface area contributed by atoms with Crippen molar-refractivity contribution in [3.8, 4) is 45.5 Å². The first-order chi connectivity index (χ1) is 12.6. The van der Waals surface area contributed by atoms with Gasteiger partial charge in [-0.1, -0.05) is 11.6 Å². The molecule has 0 amide bonds. The number of hydrogen-bond donors (Lipinski definition) is 2. The second kappa shape index (κ2) is 8.61. The highest BCUT2D eigenvalue weighted by molar-refractivity contribution is 6.32. The summed E-state index contributed by atoms with van der Waals surface area (Å²) in [4.78, 5) is 0. The minimum absolute atomic E-state index is 0. The molecular formula is C18H21ClN4O4. The van der Waals surface area contributed by atoms with Crippen LogP contribution in [0.1, 0.15) is 0 Å². The van der Waals surface area contributed by atoms with Gasteiger partial charge in [0.2, 0.25) is 5.75 Å². The van der Waals surface area contributed by atoms with Gasteiger partial charge >= 0.3 is 0 Å². The number of rotatable bonds is 6. The largest absolute Gasteiger partial charge is 0.495 e. The van der Waals surface area contributed by atoms with Crippen LogP contribution in [0.3, 0.4) is 0 Å². The number of nitrogens with zero attached hydrogens (tertiary/aromatic N) is 2. The molecule has 0 radical (unpaired) electrons. The fraction of sp³-hybridized carbons (Fsp3) is 0.222. The van der Waals surface area contributed by atoms with E-state index in [0.717, 1.165) is 11.1 Å². The molecule has 0 atom stereocenters. The molecule has 3 aromatic rings. The molecule has 0 saturated carbocycles. The minimum Gasteiger partial charge on any atom is -0.495 e. The molecule has 1 heterocycles. The lowest BCUT2D eigenvalue weighted by molar-refractivity contribution is 0.324. The van der Waals surface area contributed by atoms with Crippen molar-refractivity contribution in [3.05, 3.63) is 35.4 Å². The smallest absolute Gasteiger partial charge is 0.203 e. The van der Waals surface area contributed by atoms with Gasteiger partial charge in [0.25, 0.3) is 0 Å². The van der Waals surface area contributed by atoms with Gasteiger partial charge in [-0.05, 0) is 30.3 Å². The molecule has 0 bridgehead atoms. The van der Waals surface area contributed by atoms with Crippen LogP contribution in [0.25, 0.3) is 22.5 Å². The van der Waals surface area contributed by atoms with Crippen LogP contribution in [-0.2, 0) is 0 Å². The summed E-state index contributed by atoms with van der Waals surface area (Å²) in [6, 6.07) is 9.05. The Labute approximate surface area is 161 Å². The number of methoxy groups -OCH3 is 4. The zero-order valence-electron chi connectivity index (χ0n) is 15.5. The Morgan fingerprint density at radius 2 is 1.30 bits per heavy atom. The normalized spacial score (nSPS) is 10.1. The minimum atomic E-state index is 0. The third kappa shape index (κ3) is 3.76. The van der Waals surface area contributed by atoms with Crippen LogP contribution in [0.4, 0.5) is 0 Å². The first-order valence-electron chi connectivity index (χ1n) is 7.68. The fourth-order valence-electron chi connectivity index (χ4n) is 2.66. The van der Waals surface area contributed by atoms with Crippen LogP contribution in [0.5, 0.6) is 23.0 Å². The number of halogens is 1. The van der Waals surface area contributed by atoms with E-state index < -0.39 is 0 Å². The highest BCUT2D eigenvalue weighted by Gasteiger charge is 2.19. The van der Waals surface area contributed by atoms with Crippen LogP contribution in [0.15, 0.2) is 30.3 Å². The Kier molecular flexibility index (Phi) is 6.49. The molecule has 0 spiro atoms. The first-order valence-corrected chi connectivity index (χ1v) is 8.05. The van der Waals surface area contributed by atoms with E-state index in [-0.39, 0.29) is 6.15 Å². The number of nitrogens with one attached hydrogen (secondary N) is 1. The highest BCUT2D eigenvalue weighted by atomic mass is 35.5. The summed E-state index contributed by atoms with van der Waals surface area (Å²) in [5.74, 6) is 2.16. The van der Waals surface area contributed by atoms with Gasteiger partial charge in [-0.15, -0.1) is 0 Å². The van der Waals surface area contributed by atoms with Crippen molar-refractivity contribution in [3.63, 3.8) is 0 Å². The lowest BCUT2D eigenvalue weighted by Crippen LogP contribution is -1.96. The van der Waals surface area contributed by atoms with Gasteiger partial charge in [-0.2, -0.15) is 15.4 Å². The second-order valence-electron chi connectivity index (χ2n) is 5.28. The zero-order chi connectivity index (χ0) is 18.7. The van der Waals surface area contributed by atoms with Gasteiger partial charge in [0.15, 0.2) is 11.5 Å². The van der Waals surface area contributed by atoms with E-state index >= 15 is 0 Å². The van der Waals surface area contributed by atoms with Crippen molar-refractivity contribution in [2.24, 2.45) is 0 Å². The van der Waals surface area contributed by atoms with Gasteiger partial charge in [0.1, 0.15) is 17.1 Å². The molecule has 0 aliphatic rings. The van der Waals surface area contributed by atoms with E-state index in [1.807, 2.05) is 18.2 Å². The van der Waals surface area contributed by atoms with Gasteiger partial charge in [0.05, 0.1) is 33.5 Å². The Bertz CT molecular complexity index is 904. The summed E-state index contributed by atoms with van der Waals surface area (Å²) in [6.07, 6.45) is 0. The third-order valence-electron chi connectivity index (χ3n) is 3.91. The second-order valence-corrected chi connectivity index (χ2v) is 5.69. The average molecular weight is 393 g/mol. The van der Waals surface area contributed by atoms with E-state index in [9.17, 15) is 0 Å². The van der Waals surface area contributed by atoms with Crippen molar-refractivity contribution < 1.29 is 18.9 Å². The quantitative estimate of drug-likeness (QED) is 0.651. The number of aromatic nitrogens is 3. The van der Waals surface area contributed by atoms with Crippen molar-refractivity contribution in [1.29, 1.82) is 0 Å². The van der Waals surface area contributed by atoms with E-state index in [1.165, 1.54) is 0 Å². The van der Waals surface area contributed by atoms with E-state index in [1.54, 1.807) is 40.6 Å². The first kappa shape index (κ1) is 20.3. The highest BCUT2D eigenvalue weighted by Crippen LogP contribution is 2.42. The summed E-state index contributed by atoms with van der Waals surface area (Å²) in [7, 11) is 6.25. The molecule has 0 fully saturated rings. The van der Waals surface area contributed by atoms with Crippen molar-refractivity contribution in [1.82, 2.24) is 21.6 Å². The van der Waals surface area contributed by atoms with Crippen molar-refractivity contribution >= 4 is 11.6 Å². The van der Waals surface area contributed by atoms with E-state index in [4.69, 9.17) is 30.5 Å². The summed E-state index contributed by atoms with van der Waals surface area (Å²) in [5.41, 5.74) is 2.83. The lowest BCUT2D eigenvalue weighted by atomic mass is 10.0. The Morgan fingerprint density at radius 1 is 0.741 bits per heavy atom. The molecule has 2 aromatic carbocycles. The molecule has 3 rings (SSSR count). The van der Waals surface area contributed by atoms with Gasteiger partial charge < -0.3 is 25.1 Å². The monoisotopic (exact) mass is 392 g/mol. The van der Waals surface area contributed by atoms with Crippen LogP contribution in [0.2, 0.25) is 5.02 Å². The lowest BCUT2D eigenvalue weighted by Gasteiger charge is -2.13. The number of ether oxygens (including phenoxy) is 4. The predicted octanol–water partition coefficient (Wildman–Crippen LogP) is 3.99. The molecule has 0 unspecified atom stereocenters. The molecule has 1 aromatic heterocycles. The molecule has 27 heavy (non-hydrogen) atoms. The van der Waals surface area contributed by atoms with Gasteiger partial charge in [-0.3, -0.25) is 0 Å². The summed E-state index contributed by atoms with van der Waals surface area (Å²) >= 11 is 6.24. The average Bonchev–Trinajstić information content (AvgIpc) is 3.16. The van der Waals surface area contributed by atoms with Crippen LogP contribution in [0, 0.1) is 0 Å². The van der Waals surface area contributed by atoms with Gasteiger partial charge in [0, 0.05) is 11.1 Å². The molecular weight excluding hydrogens is 372 g/mol.